The van der Waals surface area contributed by atoms with Gasteiger partial charge in [0, 0.05) is 5.56 Å². The first-order valence-electron chi connectivity index (χ1n) is 5.02. The third kappa shape index (κ3) is 3.05. The van der Waals surface area contributed by atoms with Crippen LogP contribution >= 0.6 is 0 Å². The van der Waals surface area contributed by atoms with Gasteiger partial charge in [-0.05, 0) is 31.2 Å². The number of esters is 1. The van der Waals surface area contributed by atoms with Gasteiger partial charge < -0.3 is 10.5 Å². The van der Waals surface area contributed by atoms with Gasteiger partial charge in [-0.1, -0.05) is 0 Å². The molecule has 1 N–H and O–H groups in total. The fraction of sp³-hybridized carbons (Fsp3) is 0.250. The summed E-state index contributed by atoms with van der Waals surface area (Å²) in [6.07, 6.45) is 0. The lowest BCUT2D eigenvalue weighted by atomic mass is 9.99. The van der Waals surface area contributed by atoms with Crippen LogP contribution in [0.25, 0.3) is 0 Å². The van der Waals surface area contributed by atoms with Crippen molar-refractivity contribution in [3.05, 3.63) is 29.8 Å². The average Bonchev–Trinajstić information content (AvgIpc) is 2.31. The number of nitrogens with zero attached hydrogens (tertiary/aromatic N) is 1. The number of hydrogen-bond acceptors (Lipinski definition) is 4. The van der Waals surface area contributed by atoms with Crippen molar-refractivity contribution in [3.8, 4) is 6.07 Å². The molecule has 1 rings (SSSR count). The van der Waals surface area contributed by atoms with Gasteiger partial charge in [0.25, 0.3) is 0 Å². The Morgan fingerprint density at radius 2 is 2.00 bits per heavy atom. The van der Waals surface area contributed by atoms with Gasteiger partial charge in [-0.25, -0.2) is 0 Å². The summed E-state index contributed by atoms with van der Waals surface area (Å²) in [6, 6.07) is 7.30. The Hall–Kier alpha value is -2.35. The number of hydrogen-bond donors (Lipinski definition) is 0. The van der Waals surface area contributed by atoms with Gasteiger partial charge in [0.05, 0.1) is 18.4 Å². The van der Waals surface area contributed by atoms with Gasteiger partial charge in [-0.15, -0.1) is 0 Å². The lowest BCUT2D eigenvalue weighted by Gasteiger charge is -2.07. The molecular formula is C12H11N2O3. The molecule has 1 atom stereocenters. The maximum atomic E-state index is 11.8. The van der Waals surface area contributed by atoms with E-state index >= 15 is 0 Å². The molecule has 0 bridgehead atoms. The first-order valence-corrected chi connectivity index (χ1v) is 5.02. The molecule has 0 aliphatic heterocycles. The van der Waals surface area contributed by atoms with E-state index in [9.17, 15) is 9.59 Å². The van der Waals surface area contributed by atoms with Gasteiger partial charge >= 0.3 is 5.97 Å². The largest absolute Gasteiger partial charge is 0.465 e. The summed E-state index contributed by atoms with van der Waals surface area (Å²) in [5.74, 6) is -2.88. The minimum absolute atomic E-state index is 0.121. The summed E-state index contributed by atoms with van der Waals surface area (Å²) >= 11 is 0. The number of ether oxygens (including phenoxy) is 1. The van der Waals surface area contributed by atoms with Crippen LogP contribution in [0, 0.1) is 17.2 Å². The van der Waals surface area contributed by atoms with Crippen molar-refractivity contribution in [2.75, 3.05) is 6.61 Å². The molecule has 5 heteroatoms. The number of benzene rings is 1. The summed E-state index contributed by atoms with van der Waals surface area (Å²) in [7, 11) is 0. The second kappa shape index (κ2) is 5.66. The second-order valence-electron chi connectivity index (χ2n) is 3.26. The molecule has 0 aromatic heterocycles. The Labute approximate surface area is 98.8 Å². The Balaban J connectivity index is 2.91. The number of rotatable bonds is 4. The van der Waals surface area contributed by atoms with Gasteiger partial charge in [0.15, 0.2) is 5.78 Å². The lowest BCUT2D eigenvalue weighted by Crippen LogP contribution is -2.24. The monoisotopic (exact) mass is 231 g/mol. The number of Topliss-reactive ketones (excluding diaryl/α,β-unsaturated/α-hetero) is 1. The molecule has 0 heterocycles. The third-order valence-corrected chi connectivity index (χ3v) is 2.08. The zero-order valence-electron chi connectivity index (χ0n) is 9.27. The Kier molecular flexibility index (Phi) is 4.23. The molecule has 1 aromatic rings. The van der Waals surface area contributed by atoms with Gasteiger partial charge in [0.2, 0.25) is 5.92 Å². The van der Waals surface area contributed by atoms with E-state index in [4.69, 9.17) is 11.0 Å². The predicted molar refractivity (Wildman–Crippen MR) is 59.3 cm³/mol. The van der Waals surface area contributed by atoms with Gasteiger partial charge in [-0.2, -0.15) is 5.26 Å². The van der Waals surface area contributed by atoms with Crippen molar-refractivity contribution in [2.45, 2.75) is 6.92 Å². The molecule has 0 aliphatic carbocycles. The smallest absolute Gasteiger partial charge is 0.331 e. The third-order valence-electron chi connectivity index (χ3n) is 2.08. The van der Waals surface area contributed by atoms with Gasteiger partial charge in [0.1, 0.15) is 0 Å². The van der Waals surface area contributed by atoms with Crippen LogP contribution < -0.4 is 5.73 Å². The SMILES string of the molecule is CCOC(=O)C(C#N)C(=O)c1ccc([NH])cc1. The zero-order valence-corrected chi connectivity index (χ0v) is 9.27. The predicted octanol–water partition coefficient (Wildman–Crippen LogP) is 1.49. The first-order chi connectivity index (χ1) is 8.10. The van der Waals surface area contributed by atoms with Crippen molar-refractivity contribution in [3.63, 3.8) is 0 Å². The second-order valence-corrected chi connectivity index (χ2v) is 3.26. The summed E-state index contributed by atoms with van der Waals surface area (Å²) in [4.78, 5) is 23.2. The van der Waals surface area contributed by atoms with E-state index in [1.54, 1.807) is 13.0 Å². The Bertz CT molecular complexity index is 460. The minimum atomic E-state index is -1.44. The normalized spacial score (nSPS) is 11.3. The van der Waals surface area contributed by atoms with Crippen LogP contribution in [0.4, 0.5) is 5.69 Å². The number of nitriles is 1. The molecule has 87 valence electrons. The minimum Gasteiger partial charge on any atom is -0.465 e. The molecule has 0 saturated heterocycles. The highest BCUT2D eigenvalue weighted by atomic mass is 16.5. The number of carbonyl (C=O) groups is 2. The molecule has 0 amide bonds. The maximum Gasteiger partial charge on any atom is 0.331 e. The van der Waals surface area contributed by atoms with Crippen LogP contribution in [-0.4, -0.2) is 18.4 Å². The van der Waals surface area contributed by atoms with Crippen molar-refractivity contribution in [2.24, 2.45) is 5.92 Å². The van der Waals surface area contributed by atoms with E-state index in [0.717, 1.165) is 0 Å². The topological polar surface area (TPSA) is 91.0 Å². The van der Waals surface area contributed by atoms with E-state index in [-0.39, 0.29) is 17.9 Å². The fourth-order valence-electron chi connectivity index (χ4n) is 1.25. The van der Waals surface area contributed by atoms with Crippen LogP contribution in [0.2, 0.25) is 0 Å². The van der Waals surface area contributed by atoms with E-state index in [2.05, 4.69) is 4.74 Å². The highest BCUT2D eigenvalue weighted by Gasteiger charge is 2.28. The summed E-state index contributed by atoms with van der Waals surface area (Å²) in [6.45, 7) is 1.72. The van der Waals surface area contributed by atoms with Crippen molar-refractivity contribution in [1.29, 1.82) is 5.26 Å². The molecule has 0 fully saturated rings. The Morgan fingerprint density at radius 1 is 1.41 bits per heavy atom. The van der Waals surface area contributed by atoms with Crippen LogP contribution in [0.15, 0.2) is 24.3 Å². The first kappa shape index (κ1) is 12.7. The van der Waals surface area contributed by atoms with Crippen molar-refractivity contribution < 1.29 is 14.3 Å². The molecule has 5 nitrogen and oxygen atoms in total. The lowest BCUT2D eigenvalue weighted by molar-refractivity contribution is -0.144. The van der Waals surface area contributed by atoms with E-state index in [0.29, 0.717) is 0 Å². The summed E-state index contributed by atoms with van der Waals surface area (Å²) in [5, 5.41) is 8.80. The molecule has 0 spiro atoms. The van der Waals surface area contributed by atoms with Crippen molar-refractivity contribution in [1.82, 2.24) is 5.73 Å². The summed E-state index contributed by atoms with van der Waals surface area (Å²) < 4.78 is 4.64. The molecule has 1 unspecified atom stereocenters. The van der Waals surface area contributed by atoms with Crippen molar-refractivity contribution >= 4 is 17.4 Å². The molecular weight excluding hydrogens is 220 g/mol. The van der Waals surface area contributed by atoms with Crippen LogP contribution in [0.1, 0.15) is 17.3 Å². The quantitative estimate of drug-likeness (QED) is 0.446. The molecule has 17 heavy (non-hydrogen) atoms. The standard InChI is InChI=1S/C12H11N2O3/c1-2-17-12(16)10(7-13)11(15)8-3-5-9(14)6-4-8/h3-6,10,14H,2H2,1H3. The average molecular weight is 231 g/mol. The van der Waals surface area contributed by atoms with Crippen LogP contribution in [0.5, 0.6) is 0 Å². The number of ketones is 1. The molecule has 1 radical (unpaired) electrons. The highest BCUT2D eigenvalue weighted by Crippen LogP contribution is 2.13. The van der Waals surface area contributed by atoms with Gasteiger partial charge in [-0.3, -0.25) is 9.59 Å². The van der Waals surface area contributed by atoms with E-state index in [1.165, 1.54) is 24.3 Å². The zero-order chi connectivity index (χ0) is 12.8. The Morgan fingerprint density at radius 3 is 2.47 bits per heavy atom. The summed E-state index contributed by atoms with van der Waals surface area (Å²) in [5.41, 5.74) is 7.75. The molecule has 0 aliphatic rings. The van der Waals surface area contributed by atoms with Crippen LogP contribution in [-0.2, 0) is 9.53 Å². The fourth-order valence-corrected chi connectivity index (χ4v) is 1.25. The van der Waals surface area contributed by atoms with E-state index < -0.39 is 17.7 Å². The number of carbonyl (C=O) groups excluding carboxylic acids is 2. The molecule has 0 saturated carbocycles. The van der Waals surface area contributed by atoms with E-state index in [1.807, 2.05) is 0 Å². The maximum absolute atomic E-state index is 11.8. The van der Waals surface area contributed by atoms with Crippen LogP contribution in [0.3, 0.4) is 0 Å². The highest BCUT2D eigenvalue weighted by molar-refractivity contribution is 6.10. The number of nitrogens with one attached hydrogen (secondary N) is 1. The molecule has 1 aromatic carbocycles.